The first-order chi connectivity index (χ1) is 9.04. The van der Waals surface area contributed by atoms with Crippen LogP contribution in [0.1, 0.15) is 32.6 Å². The van der Waals surface area contributed by atoms with Crippen LogP contribution < -0.4 is 5.32 Å². The SMILES string of the molecule is CC1(C(=O)O)CCCCN1C(=O)CC1CSCCN1. The fraction of sp³-hybridized carbons (Fsp3) is 0.846. The summed E-state index contributed by atoms with van der Waals surface area (Å²) in [5, 5.41) is 12.7. The smallest absolute Gasteiger partial charge is 0.329 e. The lowest BCUT2D eigenvalue weighted by molar-refractivity contribution is -0.161. The molecule has 19 heavy (non-hydrogen) atoms. The Morgan fingerprint density at radius 2 is 2.26 bits per heavy atom. The number of carbonyl (C=O) groups excluding carboxylic acids is 1. The van der Waals surface area contributed by atoms with Crippen molar-refractivity contribution in [3.63, 3.8) is 0 Å². The summed E-state index contributed by atoms with van der Waals surface area (Å²) in [7, 11) is 0. The van der Waals surface area contributed by atoms with E-state index in [0.29, 0.717) is 19.4 Å². The Kier molecular flexibility index (Phi) is 4.73. The number of thioether (sulfide) groups is 1. The molecule has 1 amide bonds. The number of carboxylic acid groups (broad SMARTS) is 1. The Bertz CT molecular complexity index is 358. The van der Waals surface area contributed by atoms with E-state index in [1.165, 1.54) is 0 Å². The van der Waals surface area contributed by atoms with E-state index in [1.807, 2.05) is 11.8 Å². The van der Waals surface area contributed by atoms with Crippen molar-refractivity contribution >= 4 is 23.6 Å². The highest BCUT2D eigenvalue weighted by atomic mass is 32.2. The van der Waals surface area contributed by atoms with Crippen LogP contribution in [-0.4, -0.2) is 58.1 Å². The molecule has 2 N–H and O–H groups in total. The number of amides is 1. The molecule has 0 aromatic rings. The van der Waals surface area contributed by atoms with E-state index in [2.05, 4.69) is 5.32 Å². The van der Waals surface area contributed by atoms with Crippen LogP contribution in [0.4, 0.5) is 0 Å². The Morgan fingerprint density at radius 3 is 2.89 bits per heavy atom. The molecule has 0 spiro atoms. The molecule has 0 bridgehead atoms. The molecule has 0 saturated carbocycles. The summed E-state index contributed by atoms with van der Waals surface area (Å²) in [6, 6.07) is 0.186. The lowest BCUT2D eigenvalue weighted by Gasteiger charge is -2.42. The molecule has 2 fully saturated rings. The van der Waals surface area contributed by atoms with Crippen molar-refractivity contribution in [2.75, 3.05) is 24.6 Å². The maximum atomic E-state index is 12.4. The van der Waals surface area contributed by atoms with Crippen LogP contribution in [-0.2, 0) is 9.59 Å². The highest BCUT2D eigenvalue weighted by Gasteiger charge is 2.44. The van der Waals surface area contributed by atoms with Crippen LogP contribution in [0.2, 0.25) is 0 Å². The molecule has 0 aromatic carbocycles. The van der Waals surface area contributed by atoms with E-state index in [4.69, 9.17) is 0 Å². The van der Waals surface area contributed by atoms with Gasteiger partial charge < -0.3 is 15.3 Å². The molecule has 2 unspecified atom stereocenters. The number of aliphatic carboxylic acids is 1. The van der Waals surface area contributed by atoms with E-state index in [-0.39, 0.29) is 11.9 Å². The summed E-state index contributed by atoms with van der Waals surface area (Å²) in [6.45, 7) is 3.18. The predicted octanol–water partition coefficient (Wildman–Crippen LogP) is 0.937. The molecule has 6 heteroatoms. The normalized spacial score (nSPS) is 32.1. The lowest BCUT2D eigenvalue weighted by atomic mass is 9.88. The van der Waals surface area contributed by atoms with Crippen LogP contribution in [0.5, 0.6) is 0 Å². The maximum absolute atomic E-state index is 12.4. The second-order valence-corrected chi connectivity index (χ2v) is 6.66. The fourth-order valence-electron chi connectivity index (χ4n) is 2.81. The van der Waals surface area contributed by atoms with Crippen molar-refractivity contribution in [2.24, 2.45) is 0 Å². The van der Waals surface area contributed by atoms with Crippen LogP contribution in [0.25, 0.3) is 0 Å². The van der Waals surface area contributed by atoms with Gasteiger partial charge in [0.15, 0.2) is 0 Å². The average Bonchev–Trinajstić information content (AvgIpc) is 2.40. The van der Waals surface area contributed by atoms with Gasteiger partial charge in [-0.2, -0.15) is 11.8 Å². The van der Waals surface area contributed by atoms with E-state index < -0.39 is 11.5 Å². The molecule has 2 rings (SSSR count). The summed E-state index contributed by atoms with van der Waals surface area (Å²) in [4.78, 5) is 25.5. The van der Waals surface area contributed by atoms with Gasteiger partial charge in [-0.05, 0) is 26.2 Å². The Balaban J connectivity index is 2.01. The molecule has 108 valence electrons. The molecule has 2 saturated heterocycles. The first-order valence-electron chi connectivity index (χ1n) is 6.89. The van der Waals surface area contributed by atoms with Crippen LogP contribution in [0.3, 0.4) is 0 Å². The van der Waals surface area contributed by atoms with Crippen molar-refractivity contribution in [1.82, 2.24) is 10.2 Å². The topological polar surface area (TPSA) is 69.6 Å². The first kappa shape index (κ1) is 14.7. The summed E-state index contributed by atoms with van der Waals surface area (Å²) in [5.41, 5.74) is -1.02. The number of carboxylic acids is 1. The van der Waals surface area contributed by atoms with Gasteiger partial charge in [-0.15, -0.1) is 0 Å². The van der Waals surface area contributed by atoms with Gasteiger partial charge in [0, 0.05) is 37.1 Å². The second kappa shape index (κ2) is 6.13. The van der Waals surface area contributed by atoms with E-state index in [0.717, 1.165) is 30.9 Å². The Hall–Kier alpha value is -0.750. The molecule has 0 radical (unpaired) electrons. The number of nitrogens with one attached hydrogen (secondary N) is 1. The van der Waals surface area contributed by atoms with Gasteiger partial charge in [0.1, 0.15) is 5.54 Å². The maximum Gasteiger partial charge on any atom is 0.329 e. The lowest BCUT2D eigenvalue weighted by Crippen LogP contribution is -2.58. The third kappa shape index (κ3) is 3.23. The van der Waals surface area contributed by atoms with Gasteiger partial charge in [-0.25, -0.2) is 4.79 Å². The number of rotatable bonds is 3. The van der Waals surface area contributed by atoms with Gasteiger partial charge in [-0.1, -0.05) is 0 Å². The van der Waals surface area contributed by atoms with Crippen molar-refractivity contribution in [3.05, 3.63) is 0 Å². The minimum absolute atomic E-state index is 0.0235. The van der Waals surface area contributed by atoms with Crippen molar-refractivity contribution in [2.45, 2.75) is 44.2 Å². The zero-order chi connectivity index (χ0) is 13.9. The first-order valence-corrected chi connectivity index (χ1v) is 8.04. The minimum Gasteiger partial charge on any atom is -0.480 e. The molecule has 2 heterocycles. The largest absolute Gasteiger partial charge is 0.480 e. The van der Waals surface area contributed by atoms with Crippen LogP contribution in [0, 0.1) is 0 Å². The standard InChI is InChI=1S/C13H22N2O3S/c1-13(12(17)18)4-2-3-6-15(13)11(16)8-10-9-19-7-5-14-10/h10,14H,2-9H2,1H3,(H,17,18). The molecule has 0 aliphatic carbocycles. The molecule has 2 aliphatic rings. The zero-order valence-electron chi connectivity index (χ0n) is 11.4. The fourth-order valence-corrected chi connectivity index (χ4v) is 3.76. The Labute approximate surface area is 118 Å². The molecule has 5 nitrogen and oxygen atoms in total. The summed E-state index contributed by atoms with van der Waals surface area (Å²) in [6.07, 6.45) is 2.75. The quantitative estimate of drug-likeness (QED) is 0.808. The van der Waals surface area contributed by atoms with Gasteiger partial charge in [-0.3, -0.25) is 4.79 Å². The van der Waals surface area contributed by atoms with Crippen molar-refractivity contribution in [1.29, 1.82) is 0 Å². The number of nitrogens with zero attached hydrogens (tertiary/aromatic N) is 1. The number of carbonyl (C=O) groups is 2. The van der Waals surface area contributed by atoms with Crippen molar-refractivity contribution < 1.29 is 14.7 Å². The van der Waals surface area contributed by atoms with E-state index in [1.54, 1.807) is 11.8 Å². The number of hydrogen-bond acceptors (Lipinski definition) is 4. The third-order valence-corrected chi connectivity index (χ3v) is 5.20. The zero-order valence-corrected chi connectivity index (χ0v) is 12.2. The number of hydrogen-bond donors (Lipinski definition) is 2. The summed E-state index contributed by atoms with van der Waals surface area (Å²) >= 11 is 1.85. The van der Waals surface area contributed by atoms with Crippen LogP contribution >= 0.6 is 11.8 Å². The Morgan fingerprint density at radius 1 is 1.47 bits per heavy atom. The van der Waals surface area contributed by atoms with Gasteiger partial charge in [0.2, 0.25) is 5.91 Å². The van der Waals surface area contributed by atoms with E-state index in [9.17, 15) is 14.7 Å². The third-order valence-electron chi connectivity index (χ3n) is 4.07. The molecule has 2 aliphatic heterocycles. The summed E-state index contributed by atoms with van der Waals surface area (Å²) in [5.74, 6) is 1.11. The molecular weight excluding hydrogens is 264 g/mol. The molecule has 0 aromatic heterocycles. The molecular formula is C13H22N2O3S. The van der Waals surface area contributed by atoms with Gasteiger partial charge in [0.25, 0.3) is 0 Å². The van der Waals surface area contributed by atoms with Crippen LogP contribution in [0.15, 0.2) is 0 Å². The van der Waals surface area contributed by atoms with Gasteiger partial charge >= 0.3 is 5.97 Å². The second-order valence-electron chi connectivity index (χ2n) is 5.51. The molecule has 2 atom stereocenters. The minimum atomic E-state index is -1.02. The van der Waals surface area contributed by atoms with Crippen molar-refractivity contribution in [3.8, 4) is 0 Å². The van der Waals surface area contributed by atoms with Gasteiger partial charge in [0.05, 0.1) is 0 Å². The number of piperidine rings is 1. The average molecular weight is 286 g/mol. The van der Waals surface area contributed by atoms with E-state index >= 15 is 0 Å². The monoisotopic (exact) mass is 286 g/mol. The number of likely N-dealkylation sites (tertiary alicyclic amines) is 1. The highest BCUT2D eigenvalue weighted by molar-refractivity contribution is 7.99. The summed E-state index contributed by atoms with van der Waals surface area (Å²) < 4.78 is 0. The highest BCUT2D eigenvalue weighted by Crippen LogP contribution is 2.29. The predicted molar refractivity (Wildman–Crippen MR) is 75.3 cm³/mol.